The third-order valence-electron chi connectivity index (χ3n) is 2.92. The molecule has 0 unspecified atom stereocenters. The van der Waals surface area contributed by atoms with E-state index in [0.717, 1.165) is 18.9 Å². The van der Waals surface area contributed by atoms with Gasteiger partial charge in [0.15, 0.2) is 0 Å². The van der Waals surface area contributed by atoms with Gasteiger partial charge in [0.1, 0.15) is 0 Å². The van der Waals surface area contributed by atoms with Crippen LogP contribution in [0, 0.1) is 5.92 Å². The van der Waals surface area contributed by atoms with Gasteiger partial charge in [-0.05, 0) is 25.2 Å². The molecule has 1 nitrogen and oxygen atoms in total. The van der Waals surface area contributed by atoms with Crippen molar-refractivity contribution in [2.75, 3.05) is 6.54 Å². The zero-order chi connectivity index (χ0) is 12.2. The largest absolute Gasteiger partial charge is 0.389 e. The lowest BCUT2D eigenvalue weighted by Gasteiger charge is -2.09. The minimum Gasteiger partial charge on any atom is -0.389 e. The summed E-state index contributed by atoms with van der Waals surface area (Å²) in [6.45, 7) is 12.0. The van der Waals surface area contributed by atoms with Crippen molar-refractivity contribution in [3.05, 3.63) is 12.3 Å². The van der Waals surface area contributed by atoms with Crippen LogP contribution in [-0.4, -0.2) is 6.54 Å². The Bertz CT molecular complexity index is 161. The van der Waals surface area contributed by atoms with Crippen LogP contribution in [0.5, 0.6) is 0 Å². The highest BCUT2D eigenvalue weighted by molar-refractivity contribution is 4.90. The van der Waals surface area contributed by atoms with E-state index in [-0.39, 0.29) is 0 Å². The van der Waals surface area contributed by atoms with Gasteiger partial charge in [0.2, 0.25) is 0 Å². The third kappa shape index (κ3) is 11.6. The van der Waals surface area contributed by atoms with Crippen LogP contribution >= 0.6 is 0 Å². The van der Waals surface area contributed by atoms with E-state index in [9.17, 15) is 0 Å². The summed E-state index contributed by atoms with van der Waals surface area (Å²) in [5.41, 5.74) is 1.23. The molecule has 0 aliphatic rings. The Labute approximate surface area is 103 Å². The van der Waals surface area contributed by atoms with Crippen molar-refractivity contribution in [2.45, 2.75) is 72.1 Å². The van der Waals surface area contributed by atoms with Gasteiger partial charge in [0.25, 0.3) is 0 Å². The molecular formula is C15H31N. The highest BCUT2D eigenvalue weighted by Gasteiger charge is 1.96. The summed E-state index contributed by atoms with van der Waals surface area (Å²) in [4.78, 5) is 0. The van der Waals surface area contributed by atoms with E-state index < -0.39 is 0 Å². The van der Waals surface area contributed by atoms with E-state index in [1.165, 1.54) is 50.6 Å². The Morgan fingerprint density at radius 1 is 1.06 bits per heavy atom. The Morgan fingerprint density at radius 2 is 1.81 bits per heavy atom. The van der Waals surface area contributed by atoms with E-state index in [1.54, 1.807) is 0 Å². The summed E-state index contributed by atoms with van der Waals surface area (Å²) in [5.74, 6) is 0.858. The Kier molecular flexibility index (Phi) is 10.7. The molecule has 0 rings (SSSR count). The molecule has 0 amide bonds. The second-order valence-electron chi connectivity index (χ2n) is 5.23. The summed E-state index contributed by atoms with van der Waals surface area (Å²) in [5, 5.41) is 3.44. The van der Waals surface area contributed by atoms with Crippen LogP contribution in [0.3, 0.4) is 0 Å². The standard InChI is InChI=1S/C15H31N/c1-5-6-8-12-15(4)16-13-10-7-9-11-14(2)3/h14,16H,4-13H2,1-3H3. The highest BCUT2D eigenvalue weighted by atomic mass is 14.9. The molecule has 96 valence electrons. The van der Waals surface area contributed by atoms with Crippen LogP contribution in [0.2, 0.25) is 0 Å². The number of rotatable bonds is 11. The molecule has 0 heterocycles. The molecule has 0 aliphatic heterocycles. The molecule has 0 atom stereocenters. The summed E-state index contributed by atoms with van der Waals surface area (Å²) in [7, 11) is 0. The van der Waals surface area contributed by atoms with Crippen LogP contribution in [0.4, 0.5) is 0 Å². The van der Waals surface area contributed by atoms with Crippen molar-refractivity contribution in [1.29, 1.82) is 0 Å². The van der Waals surface area contributed by atoms with Gasteiger partial charge >= 0.3 is 0 Å². The van der Waals surface area contributed by atoms with Crippen molar-refractivity contribution >= 4 is 0 Å². The number of unbranched alkanes of at least 4 members (excludes halogenated alkanes) is 4. The zero-order valence-corrected chi connectivity index (χ0v) is 11.6. The quantitative estimate of drug-likeness (QED) is 0.494. The lowest BCUT2D eigenvalue weighted by molar-refractivity contribution is 0.520. The monoisotopic (exact) mass is 225 g/mol. The first-order valence-corrected chi connectivity index (χ1v) is 7.08. The fourth-order valence-corrected chi connectivity index (χ4v) is 1.80. The molecule has 1 heteroatoms. The zero-order valence-electron chi connectivity index (χ0n) is 11.6. The van der Waals surface area contributed by atoms with Crippen LogP contribution in [0.1, 0.15) is 72.1 Å². The first kappa shape index (κ1) is 15.5. The fraction of sp³-hybridized carbons (Fsp3) is 0.867. The lowest BCUT2D eigenvalue weighted by atomic mass is 10.1. The van der Waals surface area contributed by atoms with Gasteiger partial charge in [-0.1, -0.05) is 59.5 Å². The summed E-state index contributed by atoms with van der Waals surface area (Å²) in [6, 6.07) is 0. The molecule has 0 aromatic heterocycles. The van der Waals surface area contributed by atoms with Crippen LogP contribution in [-0.2, 0) is 0 Å². The Balaban J connectivity index is 3.15. The van der Waals surface area contributed by atoms with Gasteiger partial charge in [-0.15, -0.1) is 0 Å². The normalized spacial score (nSPS) is 10.8. The molecule has 0 aliphatic carbocycles. The maximum Gasteiger partial charge on any atom is 0.0143 e. The molecule has 0 aromatic rings. The summed E-state index contributed by atoms with van der Waals surface area (Å²) >= 11 is 0. The maximum atomic E-state index is 4.06. The van der Waals surface area contributed by atoms with Crippen molar-refractivity contribution in [3.8, 4) is 0 Å². The topological polar surface area (TPSA) is 12.0 Å². The smallest absolute Gasteiger partial charge is 0.0143 e. The van der Waals surface area contributed by atoms with Gasteiger partial charge in [0.05, 0.1) is 0 Å². The number of hydrogen-bond donors (Lipinski definition) is 1. The number of allylic oxidation sites excluding steroid dienone is 1. The second-order valence-corrected chi connectivity index (χ2v) is 5.23. The van der Waals surface area contributed by atoms with E-state index in [2.05, 4.69) is 32.7 Å². The predicted molar refractivity (Wildman–Crippen MR) is 74.6 cm³/mol. The molecule has 0 saturated carbocycles. The molecule has 16 heavy (non-hydrogen) atoms. The lowest BCUT2D eigenvalue weighted by Crippen LogP contribution is -2.13. The van der Waals surface area contributed by atoms with Gasteiger partial charge in [0, 0.05) is 12.2 Å². The second kappa shape index (κ2) is 11.0. The molecule has 0 saturated heterocycles. The van der Waals surface area contributed by atoms with Gasteiger partial charge in [-0.25, -0.2) is 0 Å². The Hall–Kier alpha value is -0.460. The van der Waals surface area contributed by atoms with Gasteiger partial charge < -0.3 is 5.32 Å². The average molecular weight is 225 g/mol. The van der Waals surface area contributed by atoms with Crippen LogP contribution in [0.25, 0.3) is 0 Å². The van der Waals surface area contributed by atoms with E-state index in [4.69, 9.17) is 0 Å². The fourth-order valence-electron chi connectivity index (χ4n) is 1.80. The number of hydrogen-bond acceptors (Lipinski definition) is 1. The van der Waals surface area contributed by atoms with Crippen molar-refractivity contribution in [2.24, 2.45) is 5.92 Å². The number of nitrogens with one attached hydrogen (secondary N) is 1. The first-order chi connectivity index (χ1) is 7.66. The third-order valence-corrected chi connectivity index (χ3v) is 2.92. The Morgan fingerprint density at radius 3 is 2.44 bits per heavy atom. The molecule has 0 radical (unpaired) electrons. The van der Waals surface area contributed by atoms with Crippen molar-refractivity contribution in [3.63, 3.8) is 0 Å². The summed E-state index contributed by atoms with van der Waals surface area (Å²) < 4.78 is 0. The molecule has 0 fully saturated rings. The molecule has 0 bridgehead atoms. The first-order valence-electron chi connectivity index (χ1n) is 7.08. The van der Waals surface area contributed by atoms with E-state index in [1.807, 2.05) is 0 Å². The molecule has 1 N–H and O–H groups in total. The molecule has 0 spiro atoms. The highest BCUT2D eigenvalue weighted by Crippen LogP contribution is 2.08. The minimum atomic E-state index is 0.858. The van der Waals surface area contributed by atoms with E-state index >= 15 is 0 Å². The molecular weight excluding hydrogens is 194 g/mol. The SMILES string of the molecule is C=C(CCCCC)NCCCCCC(C)C. The van der Waals surface area contributed by atoms with Crippen molar-refractivity contribution in [1.82, 2.24) is 5.32 Å². The average Bonchev–Trinajstić information content (AvgIpc) is 2.23. The van der Waals surface area contributed by atoms with Crippen molar-refractivity contribution < 1.29 is 0 Å². The molecule has 0 aromatic carbocycles. The van der Waals surface area contributed by atoms with Crippen LogP contribution in [0.15, 0.2) is 12.3 Å². The van der Waals surface area contributed by atoms with Gasteiger partial charge in [-0.3, -0.25) is 0 Å². The van der Waals surface area contributed by atoms with E-state index in [0.29, 0.717) is 0 Å². The predicted octanol–water partition coefficient (Wildman–Crippen LogP) is 4.89. The van der Waals surface area contributed by atoms with Gasteiger partial charge in [-0.2, -0.15) is 0 Å². The minimum absolute atomic E-state index is 0.858. The summed E-state index contributed by atoms with van der Waals surface area (Å²) in [6.07, 6.45) is 10.5. The van der Waals surface area contributed by atoms with Crippen LogP contribution < -0.4 is 5.32 Å². The maximum absolute atomic E-state index is 4.06.